The summed E-state index contributed by atoms with van der Waals surface area (Å²) < 4.78 is 34.2. The Bertz CT molecular complexity index is 1160. The van der Waals surface area contributed by atoms with Gasteiger partial charge in [-0.1, -0.05) is 55.3 Å². The first-order valence-electron chi connectivity index (χ1n) is 10.2. The minimum atomic E-state index is -3.83. The Morgan fingerprint density at radius 3 is 2.34 bits per heavy atom. The largest absolute Gasteiger partial charge is 0.487 e. The molecule has 0 bridgehead atoms. The lowest BCUT2D eigenvalue weighted by Crippen LogP contribution is -2.32. The van der Waals surface area contributed by atoms with E-state index in [1.54, 1.807) is 60.7 Å². The van der Waals surface area contributed by atoms with Gasteiger partial charge in [0.15, 0.2) is 0 Å². The van der Waals surface area contributed by atoms with E-state index in [2.05, 4.69) is 0 Å². The van der Waals surface area contributed by atoms with Gasteiger partial charge in [0.25, 0.3) is 10.0 Å². The number of carbonyl (C=O) groups is 1. The number of carboxylic acid groups (broad SMARTS) is 1. The molecule has 0 fully saturated rings. The van der Waals surface area contributed by atoms with Gasteiger partial charge in [0.05, 0.1) is 16.1 Å². The van der Waals surface area contributed by atoms with Crippen LogP contribution in [0.3, 0.4) is 0 Å². The van der Waals surface area contributed by atoms with Crippen LogP contribution in [0.2, 0.25) is 5.02 Å². The van der Waals surface area contributed by atoms with Crippen molar-refractivity contribution in [1.82, 2.24) is 0 Å². The van der Waals surface area contributed by atoms with E-state index in [1.807, 2.05) is 6.92 Å². The lowest BCUT2D eigenvalue weighted by atomic mass is 10.1. The van der Waals surface area contributed by atoms with E-state index in [4.69, 9.17) is 21.4 Å². The molecule has 0 heterocycles. The summed E-state index contributed by atoms with van der Waals surface area (Å²) in [7, 11) is -3.83. The fourth-order valence-corrected chi connectivity index (χ4v) is 4.80. The molecule has 0 radical (unpaired) electrons. The molecule has 0 aliphatic carbocycles. The summed E-state index contributed by atoms with van der Waals surface area (Å²) in [6, 6.07) is 19.4. The number of carboxylic acids is 1. The zero-order valence-electron chi connectivity index (χ0n) is 17.6. The van der Waals surface area contributed by atoms with Gasteiger partial charge in [0.1, 0.15) is 12.4 Å². The van der Waals surface area contributed by atoms with Crippen LogP contribution in [0.25, 0.3) is 0 Å². The van der Waals surface area contributed by atoms with Crippen LogP contribution in [0.1, 0.15) is 35.7 Å². The summed E-state index contributed by atoms with van der Waals surface area (Å²) in [5.74, 6) is -0.637. The molecule has 0 saturated carbocycles. The first kappa shape index (κ1) is 23.6. The minimum absolute atomic E-state index is 0.140. The lowest BCUT2D eigenvalue weighted by molar-refractivity contribution is 0.0697. The van der Waals surface area contributed by atoms with Crippen LogP contribution >= 0.6 is 11.6 Å². The monoisotopic (exact) mass is 473 g/mol. The van der Waals surface area contributed by atoms with Crippen LogP contribution in [0.5, 0.6) is 5.75 Å². The topological polar surface area (TPSA) is 83.9 Å². The van der Waals surface area contributed by atoms with Gasteiger partial charge in [-0.2, -0.15) is 0 Å². The highest BCUT2D eigenvalue weighted by atomic mass is 35.5. The third-order valence-corrected chi connectivity index (χ3v) is 6.89. The smallest absolute Gasteiger partial charge is 0.335 e. The van der Waals surface area contributed by atoms with E-state index in [9.17, 15) is 13.2 Å². The number of hydrogen-bond acceptors (Lipinski definition) is 4. The average Bonchev–Trinajstić information content (AvgIpc) is 2.79. The Balaban J connectivity index is 1.95. The lowest BCUT2D eigenvalue weighted by Gasteiger charge is -2.26. The van der Waals surface area contributed by atoms with Gasteiger partial charge in [-0.25, -0.2) is 13.2 Å². The molecule has 0 aromatic heterocycles. The summed E-state index contributed by atoms with van der Waals surface area (Å²) in [5.41, 5.74) is 1.29. The summed E-state index contributed by atoms with van der Waals surface area (Å²) in [4.78, 5) is 11.2. The molecule has 3 rings (SSSR count). The Labute approximate surface area is 193 Å². The van der Waals surface area contributed by atoms with E-state index in [0.29, 0.717) is 22.9 Å². The quantitative estimate of drug-likeness (QED) is 0.413. The van der Waals surface area contributed by atoms with Gasteiger partial charge in [0.2, 0.25) is 0 Å². The van der Waals surface area contributed by atoms with Crippen LogP contribution < -0.4 is 9.04 Å². The van der Waals surface area contributed by atoms with Gasteiger partial charge in [0, 0.05) is 11.6 Å². The van der Waals surface area contributed by atoms with Crippen molar-refractivity contribution in [3.63, 3.8) is 0 Å². The first-order chi connectivity index (χ1) is 15.3. The number of hydrogen-bond donors (Lipinski definition) is 1. The summed E-state index contributed by atoms with van der Waals surface area (Å²) in [6.45, 7) is 2.41. The highest BCUT2D eigenvalue weighted by Gasteiger charge is 2.27. The molecule has 0 atom stereocenters. The number of nitrogens with zero attached hydrogens (tertiary/aromatic N) is 1. The van der Waals surface area contributed by atoms with Gasteiger partial charge in [-0.3, -0.25) is 4.31 Å². The number of anilines is 1. The molecule has 168 valence electrons. The molecule has 0 amide bonds. The zero-order chi connectivity index (χ0) is 23.1. The number of sulfonamides is 1. The molecule has 8 heteroatoms. The van der Waals surface area contributed by atoms with Crippen LogP contribution in [0, 0.1) is 0 Å². The van der Waals surface area contributed by atoms with Crippen LogP contribution in [-0.4, -0.2) is 26.0 Å². The van der Waals surface area contributed by atoms with Crippen molar-refractivity contribution in [2.75, 3.05) is 10.8 Å². The highest BCUT2D eigenvalue weighted by Crippen LogP contribution is 2.35. The molecular weight excluding hydrogens is 450 g/mol. The summed E-state index contributed by atoms with van der Waals surface area (Å²) in [5, 5.41) is 9.43. The standard InChI is InChI=1S/C24H24ClNO5S/c1-2-3-15-26(32(29,30)21-7-5-4-6-8-21)22-16-20(25)13-14-23(22)31-17-18-9-11-19(12-10-18)24(27)28/h4-14,16H,2-3,15,17H2,1H3,(H,27,28). The van der Waals surface area contributed by atoms with Crippen molar-refractivity contribution in [1.29, 1.82) is 0 Å². The molecule has 1 N–H and O–H groups in total. The van der Waals surface area contributed by atoms with E-state index in [-0.39, 0.29) is 23.6 Å². The SMILES string of the molecule is CCCCN(c1cc(Cl)ccc1OCc1ccc(C(=O)O)cc1)S(=O)(=O)c1ccccc1. The third-order valence-electron chi connectivity index (χ3n) is 4.83. The van der Waals surface area contributed by atoms with Gasteiger partial charge in [-0.05, 0) is 54.4 Å². The molecule has 0 unspecified atom stereocenters. The van der Waals surface area contributed by atoms with Crippen LogP contribution in [0.4, 0.5) is 5.69 Å². The van der Waals surface area contributed by atoms with Gasteiger partial charge < -0.3 is 9.84 Å². The molecule has 0 spiro atoms. The molecule has 0 saturated heterocycles. The van der Waals surface area contributed by atoms with Crippen molar-refractivity contribution in [3.05, 3.63) is 88.9 Å². The molecule has 3 aromatic carbocycles. The van der Waals surface area contributed by atoms with E-state index in [1.165, 1.54) is 16.4 Å². The fraction of sp³-hybridized carbons (Fsp3) is 0.208. The zero-order valence-corrected chi connectivity index (χ0v) is 19.1. The molecular formula is C24H24ClNO5S. The number of halogens is 1. The molecule has 6 nitrogen and oxygen atoms in total. The minimum Gasteiger partial charge on any atom is -0.487 e. The molecule has 0 aliphatic heterocycles. The Morgan fingerprint density at radius 2 is 1.72 bits per heavy atom. The van der Waals surface area contributed by atoms with E-state index < -0.39 is 16.0 Å². The van der Waals surface area contributed by atoms with Crippen LogP contribution in [0.15, 0.2) is 77.7 Å². The predicted octanol–water partition coefficient (Wildman–Crippen LogP) is 5.61. The number of benzene rings is 3. The van der Waals surface area contributed by atoms with Crippen molar-refractivity contribution in [2.45, 2.75) is 31.3 Å². The number of aromatic carboxylic acids is 1. The fourth-order valence-electron chi connectivity index (χ4n) is 3.10. The first-order valence-corrected chi connectivity index (χ1v) is 12.0. The Hall–Kier alpha value is -3.03. The average molecular weight is 474 g/mol. The summed E-state index contributed by atoms with van der Waals surface area (Å²) >= 11 is 6.22. The van der Waals surface area contributed by atoms with Crippen molar-refractivity contribution < 1.29 is 23.1 Å². The van der Waals surface area contributed by atoms with E-state index in [0.717, 1.165) is 12.0 Å². The number of ether oxygens (including phenoxy) is 1. The molecule has 0 aliphatic rings. The normalized spacial score (nSPS) is 11.2. The number of rotatable bonds is 10. The maximum absolute atomic E-state index is 13.4. The maximum atomic E-state index is 13.4. The van der Waals surface area contributed by atoms with E-state index >= 15 is 0 Å². The van der Waals surface area contributed by atoms with Crippen molar-refractivity contribution in [2.24, 2.45) is 0 Å². The number of unbranched alkanes of at least 4 members (excludes halogenated alkanes) is 1. The highest BCUT2D eigenvalue weighted by molar-refractivity contribution is 7.92. The third kappa shape index (κ3) is 5.60. The van der Waals surface area contributed by atoms with Crippen molar-refractivity contribution in [3.8, 4) is 5.75 Å². The van der Waals surface area contributed by atoms with Crippen LogP contribution in [-0.2, 0) is 16.6 Å². The second-order valence-corrected chi connectivity index (χ2v) is 9.45. The Morgan fingerprint density at radius 1 is 1.03 bits per heavy atom. The maximum Gasteiger partial charge on any atom is 0.335 e. The van der Waals surface area contributed by atoms with Gasteiger partial charge in [-0.15, -0.1) is 0 Å². The predicted molar refractivity (Wildman–Crippen MR) is 125 cm³/mol. The Kier molecular flexibility index (Phi) is 7.77. The molecule has 32 heavy (non-hydrogen) atoms. The second kappa shape index (κ2) is 10.5. The summed E-state index contributed by atoms with van der Waals surface area (Å²) in [6.07, 6.45) is 1.47. The van der Waals surface area contributed by atoms with Gasteiger partial charge >= 0.3 is 5.97 Å². The molecule has 3 aromatic rings. The second-order valence-electron chi connectivity index (χ2n) is 7.15. The van der Waals surface area contributed by atoms with Crippen molar-refractivity contribution >= 4 is 33.3 Å².